The Bertz CT molecular complexity index is 279. The predicted octanol–water partition coefficient (Wildman–Crippen LogP) is 0.833. The number of nitriles is 1. The van der Waals surface area contributed by atoms with Crippen LogP contribution in [0.4, 0.5) is 0 Å². The number of aliphatic hydroxyl groups is 1. The van der Waals surface area contributed by atoms with Gasteiger partial charge in [-0.25, -0.2) is 0 Å². The zero-order chi connectivity index (χ0) is 9.52. The summed E-state index contributed by atoms with van der Waals surface area (Å²) in [5, 5.41) is 20.3. The van der Waals surface area contributed by atoms with Crippen LogP contribution in [0.15, 0.2) is 30.3 Å². The third kappa shape index (κ3) is 2.86. The van der Waals surface area contributed by atoms with E-state index in [0.717, 1.165) is 5.56 Å². The normalized spacial score (nSPS) is 12.0. The number of aliphatic hydroxyl groups excluding tert-OH is 1. The van der Waals surface area contributed by atoms with Crippen LogP contribution in [0.3, 0.4) is 0 Å². The molecule has 0 bridgehead atoms. The molecule has 0 aliphatic heterocycles. The van der Waals surface area contributed by atoms with Gasteiger partial charge in [0.2, 0.25) is 0 Å². The number of hydrogen-bond acceptors (Lipinski definition) is 3. The third-order valence-electron chi connectivity index (χ3n) is 1.72. The van der Waals surface area contributed by atoms with Crippen molar-refractivity contribution in [2.24, 2.45) is 0 Å². The second-order valence-corrected chi connectivity index (χ2v) is 2.65. The first kappa shape index (κ1) is 9.72. The first-order chi connectivity index (χ1) is 6.38. The van der Waals surface area contributed by atoms with Crippen LogP contribution >= 0.6 is 0 Å². The van der Waals surface area contributed by atoms with Crippen molar-refractivity contribution < 1.29 is 5.11 Å². The van der Waals surface area contributed by atoms with Crippen molar-refractivity contribution in [2.75, 3.05) is 13.2 Å². The van der Waals surface area contributed by atoms with Crippen LogP contribution < -0.4 is 5.32 Å². The molecule has 1 aromatic rings. The summed E-state index contributed by atoms with van der Waals surface area (Å²) < 4.78 is 0. The smallest absolute Gasteiger partial charge is 0.121 e. The van der Waals surface area contributed by atoms with Gasteiger partial charge in [-0.3, -0.25) is 5.32 Å². The highest BCUT2D eigenvalue weighted by Gasteiger charge is 2.07. The summed E-state index contributed by atoms with van der Waals surface area (Å²) in [6, 6.07) is 11.3. The molecule has 0 saturated heterocycles. The molecule has 0 aliphatic carbocycles. The van der Waals surface area contributed by atoms with Crippen LogP contribution in [-0.2, 0) is 0 Å². The fraction of sp³-hybridized carbons (Fsp3) is 0.300. The predicted molar refractivity (Wildman–Crippen MR) is 49.9 cm³/mol. The Morgan fingerprint density at radius 1 is 1.38 bits per heavy atom. The van der Waals surface area contributed by atoms with E-state index in [1.807, 2.05) is 30.3 Å². The van der Waals surface area contributed by atoms with Gasteiger partial charge >= 0.3 is 0 Å². The van der Waals surface area contributed by atoms with Crippen LogP contribution in [0.25, 0.3) is 0 Å². The number of benzene rings is 1. The molecule has 0 heterocycles. The maximum Gasteiger partial charge on any atom is 0.121 e. The largest absolute Gasteiger partial charge is 0.395 e. The quantitative estimate of drug-likeness (QED) is 0.714. The topological polar surface area (TPSA) is 56.0 Å². The lowest BCUT2D eigenvalue weighted by Crippen LogP contribution is -2.23. The van der Waals surface area contributed by atoms with Crippen molar-refractivity contribution in [1.82, 2.24) is 5.32 Å². The number of nitrogens with one attached hydrogen (secondary N) is 1. The van der Waals surface area contributed by atoms with Gasteiger partial charge in [-0.1, -0.05) is 30.3 Å². The molecule has 68 valence electrons. The van der Waals surface area contributed by atoms with Crippen LogP contribution in [0.5, 0.6) is 0 Å². The summed E-state index contributed by atoms with van der Waals surface area (Å²) in [6.45, 7) is 0.484. The summed E-state index contributed by atoms with van der Waals surface area (Å²) in [6.07, 6.45) is 0. The highest BCUT2D eigenvalue weighted by atomic mass is 16.3. The van der Waals surface area contributed by atoms with Gasteiger partial charge in [0.25, 0.3) is 0 Å². The molecule has 0 radical (unpaired) electrons. The van der Waals surface area contributed by atoms with Crippen LogP contribution in [0, 0.1) is 11.3 Å². The van der Waals surface area contributed by atoms with E-state index in [0.29, 0.717) is 6.54 Å². The molecule has 0 amide bonds. The molecule has 1 aromatic carbocycles. The number of nitrogens with zero attached hydrogens (tertiary/aromatic N) is 1. The molecular formula is C10H12N2O. The van der Waals surface area contributed by atoms with E-state index in [4.69, 9.17) is 10.4 Å². The van der Waals surface area contributed by atoms with E-state index < -0.39 is 0 Å². The lowest BCUT2D eigenvalue weighted by atomic mass is 10.1. The molecule has 0 spiro atoms. The monoisotopic (exact) mass is 176 g/mol. The Kier molecular flexibility index (Phi) is 3.97. The van der Waals surface area contributed by atoms with E-state index in [1.165, 1.54) is 0 Å². The minimum atomic E-state index is -0.326. The molecule has 0 aromatic heterocycles. The summed E-state index contributed by atoms with van der Waals surface area (Å²) in [5.74, 6) is 0. The second kappa shape index (κ2) is 5.31. The third-order valence-corrected chi connectivity index (χ3v) is 1.72. The summed E-state index contributed by atoms with van der Waals surface area (Å²) >= 11 is 0. The molecule has 3 nitrogen and oxygen atoms in total. The van der Waals surface area contributed by atoms with Gasteiger partial charge < -0.3 is 5.11 Å². The Hall–Kier alpha value is -1.37. The van der Waals surface area contributed by atoms with E-state index in [2.05, 4.69) is 11.4 Å². The summed E-state index contributed by atoms with van der Waals surface area (Å²) in [5.41, 5.74) is 0.929. The SMILES string of the molecule is N#CC(NCCO)c1ccccc1. The number of hydrogen-bond donors (Lipinski definition) is 2. The molecule has 2 N–H and O–H groups in total. The maximum absolute atomic E-state index is 8.81. The van der Waals surface area contributed by atoms with Gasteiger partial charge in [-0.2, -0.15) is 5.26 Å². The average molecular weight is 176 g/mol. The molecule has 13 heavy (non-hydrogen) atoms. The van der Waals surface area contributed by atoms with Gasteiger partial charge in [0.1, 0.15) is 6.04 Å². The fourth-order valence-electron chi connectivity index (χ4n) is 1.09. The highest BCUT2D eigenvalue weighted by Crippen LogP contribution is 2.10. The standard InChI is InChI=1S/C10H12N2O/c11-8-10(12-6-7-13)9-4-2-1-3-5-9/h1-5,10,12-13H,6-7H2. The number of rotatable bonds is 4. The Balaban J connectivity index is 2.63. The Morgan fingerprint density at radius 3 is 2.62 bits per heavy atom. The second-order valence-electron chi connectivity index (χ2n) is 2.65. The van der Waals surface area contributed by atoms with Crippen LogP contribution in [0.1, 0.15) is 11.6 Å². The van der Waals surface area contributed by atoms with Crippen molar-refractivity contribution in [3.63, 3.8) is 0 Å². The maximum atomic E-state index is 8.81. The summed E-state index contributed by atoms with van der Waals surface area (Å²) in [4.78, 5) is 0. The molecule has 0 aliphatic rings. The fourth-order valence-corrected chi connectivity index (χ4v) is 1.09. The molecular weight excluding hydrogens is 164 g/mol. The van der Waals surface area contributed by atoms with Crippen molar-refractivity contribution in [2.45, 2.75) is 6.04 Å². The summed E-state index contributed by atoms with van der Waals surface area (Å²) in [7, 11) is 0. The average Bonchev–Trinajstić information content (AvgIpc) is 2.21. The first-order valence-corrected chi connectivity index (χ1v) is 4.17. The molecule has 3 heteroatoms. The van der Waals surface area contributed by atoms with Crippen molar-refractivity contribution in [3.8, 4) is 6.07 Å². The molecule has 1 unspecified atom stereocenters. The Morgan fingerprint density at radius 2 is 2.08 bits per heavy atom. The first-order valence-electron chi connectivity index (χ1n) is 4.17. The zero-order valence-corrected chi connectivity index (χ0v) is 7.27. The molecule has 0 fully saturated rings. The lowest BCUT2D eigenvalue weighted by molar-refractivity contribution is 0.289. The van der Waals surface area contributed by atoms with E-state index >= 15 is 0 Å². The minimum Gasteiger partial charge on any atom is -0.395 e. The van der Waals surface area contributed by atoms with Crippen molar-refractivity contribution >= 4 is 0 Å². The zero-order valence-electron chi connectivity index (χ0n) is 7.27. The van der Waals surface area contributed by atoms with E-state index in [9.17, 15) is 0 Å². The lowest BCUT2D eigenvalue weighted by Gasteiger charge is -2.09. The van der Waals surface area contributed by atoms with Crippen LogP contribution in [-0.4, -0.2) is 18.3 Å². The molecule has 0 saturated carbocycles. The van der Waals surface area contributed by atoms with Gasteiger partial charge in [-0.15, -0.1) is 0 Å². The van der Waals surface area contributed by atoms with Crippen molar-refractivity contribution in [3.05, 3.63) is 35.9 Å². The van der Waals surface area contributed by atoms with E-state index in [-0.39, 0.29) is 12.6 Å². The minimum absolute atomic E-state index is 0.0466. The van der Waals surface area contributed by atoms with E-state index in [1.54, 1.807) is 0 Å². The van der Waals surface area contributed by atoms with Gasteiger partial charge in [0, 0.05) is 6.54 Å². The highest BCUT2D eigenvalue weighted by molar-refractivity contribution is 5.23. The van der Waals surface area contributed by atoms with Gasteiger partial charge in [-0.05, 0) is 5.56 Å². The van der Waals surface area contributed by atoms with Crippen LogP contribution in [0.2, 0.25) is 0 Å². The molecule has 1 atom stereocenters. The molecule has 1 rings (SSSR count). The Labute approximate surface area is 77.6 Å². The van der Waals surface area contributed by atoms with Crippen molar-refractivity contribution in [1.29, 1.82) is 5.26 Å². The van der Waals surface area contributed by atoms with Gasteiger partial charge in [0.05, 0.1) is 12.7 Å². The van der Waals surface area contributed by atoms with Gasteiger partial charge in [0.15, 0.2) is 0 Å².